The average Bonchev–Trinajstić information content (AvgIpc) is 2.22. The van der Waals surface area contributed by atoms with Gasteiger partial charge in [0.1, 0.15) is 0 Å². The van der Waals surface area contributed by atoms with E-state index in [-0.39, 0.29) is 0 Å². The Morgan fingerprint density at radius 1 is 1.44 bits per heavy atom. The van der Waals surface area contributed by atoms with E-state index in [9.17, 15) is 8.42 Å². The van der Waals surface area contributed by atoms with E-state index in [4.69, 9.17) is 5.73 Å². The third-order valence-corrected chi connectivity index (χ3v) is 4.21. The summed E-state index contributed by atoms with van der Waals surface area (Å²) in [6.45, 7) is 2.61. The summed E-state index contributed by atoms with van der Waals surface area (Å²) in [5.41, 5.74) is 6.03. The second-order valence-corrected chi connectivity index (χ2v) is 6.10. The smallest absolute Gasteiger partial charge is 0.240 e. The van der Waals surface area contributed by atoms with Crippen LogP contribution in [0.5, 0.6) is 0 Å². The number of aryl methyl sites for hydroxylation is 1. The van der Waals surface area contributed by atoms with E-state index in [0.717, 1.165) is 10.0 Å². The van der Waals surface area contributed by atoms with Gasteiger partial charge in [0.25, 0.3) is 0 Å². The van der Waals surface area contributed by atoms with Gasteiger partial charge in [0.05, 0.1) is 4.90 Å². The Morgan fingerprint density at radius 3 is 2.75 bits per heavy atom. The molecular formula is C10H15BrN2O2S. The monoisotopic (exact) mass is 306 g/mol. The standard InChI is InChI=1S/C10H15BrN2O2S/c1-8-3-4-9(11)7-10(8)16(14,15)13-6-2-5-12/h3-4,7,13H,2,5-6,12H2,1H3. The van der Waals surface area contributed by atoms with Gasteiger partial charge < -0.3 is 5.73 Å². The Balaban J connectivity index is 2.93. The molecule has 3 N–H and O–H groups in total. The summed E-state index contributed by atoms with van der Waals surface area (Å²) in [6.07, 6.45) is 0.631. The van der Waals surface area contributed by atoms with Crippen LogP contribution in [0, 0.1) is 6.92 Å². The normalized spacial score (nSPS) is 11.7. The van der Waals surface area contributed by atoms with Crippen LogP contribution < -0.4 is 10.5 Å². The van der Waals surface area contributed by atoms with Crippen molar-refractivity contribution in [3.05, 3.63) is 28.2 Å². The van der Waals surface area contributed by atoms with Gasteiger partial charge in [-0.05, 0) is 37.6 Å². The van der Waals surface area contributed by atoms with E-state index in [2.05, 4.69) is 20.7 Å². The van der Waals surface area contributed by atoms with Crippen LogP contribution in [0.25, 0.3) is 0 Å². The molecule has 0 aliphatic rings. The summed E-state index contributed by atoms with van der Waals surface area (Å²) in [4.78, 5) is 0.305. The molecule has 6 heteroatoms. The highest BCUT2D eigenvalue weighted by molar-refractivity contribution is 9.10. The van der Waals surface area contributed by atoms with E-state index in [1.54, 1.807) is 19.1 Å². The van der Waals surface area contributed by atoms with Gasteiger partial charge in [0.15, 0.2) is 0 Å². The summed E-state index contributed by atoms with van der Waals surface area (Å²) >= 11 is 3.26. The van der Waals surface area contributed by atoms with Crippen LogP contribution in [0.4, 0.5) is 0 Å². The van der Waals surface area contributed by atoms with E-state index >= 15 is 0 Å². The number of hydrogen-bond donors (Lipinski definition) is 2. The number of benzene rings is 1. The van der Waals surface area contributed by atoms with Crippen molar-refractivity contribution in [3.8, 4) is 0 Å². The molecule has 4 nitrogen and oxygen atoms in total. The molecule has 0 amide bonds. The number of rotatable bonds is 5. The maximum absolute atomic E-state index is 11.9. The molecule has 0 aromatic heterocycles. The molecular weight excluding hydrogens is 292 g/mol. The molecule has 0 saturated heterocycles. The SMILES string of the molecule is Cc1ccc(Br)cc1S(=O)(=O)NCCCN. The van der Waals surface area contributed by atoms with E-state index in [0.29, 0.717) is 24.4 Å². The summed E-state index contributed by atoms with van der Waals surface area (Å²) < 4.78 is 27.1. The minimum Gasteiger partial charge on any atom is -0.330 e. The first kappa shape index (κ1) is 13.6. The predicted octanol–water partition coefficient (Wildman–Crippen LogP) is 1.38. The van der Waals surface area contributed by atoms with Crippen LogP contribution in [0.3, 0.4) is 0 Å². The fourth-order valence-electron chi connectivity index (χ4n) is 1.25. The molecule has 1 aromatic carbocycles. The highest BCUT2D eigenvalue weighted by Gasteiger charge is 2.16. The summed E-state index contributed by atoms with van der Waals surface area (Å²) in [5, 5.41) is 0. The lowest BCUT2D eigenvalue weighted by Gasteiger charge is -2.09. The van der Waals surface area contributed by atoms with Crippen molar-refractivity contribution in [1.82, 2.24) is 4.72 Å². The molecule has 0 aliphatic heterocycles. The maximum Gasteiger partial charge on any atom is 0.240 e. The quantitative estimate of drug-likeness (QED) is 0.807. The van der Waals surface area contributed by atoms with Gasteiger partial charge in [-0.25, -0.2) is 13.1 Å². The third kappa shape index (κ3) is 3.55. The molecule has 0 radical (unpaired) electrons. The molecule has 0 aliphatic carbocycles. The van der Waals surface area contributed by atoms with Gasteiger partial charge in [0, 0.05) is 11.0 Å². The average molecular weight is 307 g/mol. The molecule has 1 aromatic rings. The Kier molecular flexibility index (Phi) is 4.91. The van der Waals surface area contributed by atoms with Crippen molar-refractivity contribution in [1.29, 1.82) is 0 Å². The molecule has 0 heterocycles. The Morgan fingerprint density at radius 2 is 2.12 bits per heavy atom. The first-order valence-electron chi connectivity index (χ1n) is 4.93. The van der Waals surface area contributed by atoms with Crippen molar-refractivity contribution in [2.24, 2.45) is 5.73 Å². The van der Waals surface area contributed by atoms with Crippen molar-refractivity contribution in [2.45, 2.75) is 18.2 Å². The number of halogens is 1. The van der Waals surface area contributed by atoms with Crippen molar-refractivity contribution < 1.29 is 8.42 Å². The largest absolute Gasteiger partial charge is 0.330 e. The lowest BCUT2D eigenvalue weighted by atomic mass is 10.2. The predicted molar refractivity (Wildman–Crippen MR) is 67.7 cm³/mol. The fourth-order valence-corrected chi connectivity index (χ4v) is 3.11. The lowest BCUT2D eigenvalue weighted by molar-refractivity contribution is 0.579. The number of hydrogen-bond acceptors (Lipinski definition) is 3. The van der Waals surface area contributed by atoms with Crippen molar-refractivity contribution in [3.63, 3.8) is 0 Å². The van der Waals surface area contributed by atoms with Gasteiger partial charge in [-0.1, -0.05) is 22.0 Å². The van der Waals surface area contributed by atoms with E-state index < -0.39 is 10.0 Å². The molecule has 0 unspecified atom stereocenters. The Labute approximate surface area is 104 Å². The highest BCUT2D eigenvalue weighted by Crippen LogP contribution is 2.20. The Bertz CT molecular complexity index is 460. The fraction of sp³-hybridized carbons (Fsp3) is 0.400. The van der Waals surface area contributed by atoms with Gasteiger partial charge in [-0.3, -0.25) is 0 Å². The highest BCUT2D eigenvalue weighted by atomic mass is 79.9. The minimum atomic E-state index is -3.42. The second-order valence-electron chi connectivity index (χ2n) is 3.45. The van der Waals surface area contributed by atoms with Gasteiger partial charge in [-0.2, -0.15) is 0 Å². The van der Waals surface area contributed by atoms with Crippen molar-refractivity contribution in [2.75, 3.05) is 13.1 Å². The Hall–Kier alpha value is -0.430. The summed E-state index contributed by atoms with van der Waals surface area (Å²) in [5.74, 6) is 0. The van der Waals surface area contributed by atoms with Crippen LogP contribution >= 0.6 is 15.9 Å². The minimum absolute atomic E-state index is 0.305. The van der Waals surface area contributed by atoms with Gasteiger partial charge in [-0.15, -0.1) is 0 Å². The zero-order valence-corrected chi connectivity index (χ0v) is 11.4. The van der Waals surface area contributed by atoms with Crippen LogP contribution in [0.1, 0.15) is 12.0 Å². The summed E-state index contributed by atoms with van der Waals surface area (Å²) in [7, 11) is -3.42. The molecule has 16 heavy (non-hydrogen) atoms. The first-order chi connectivity index (χ1) is 7.47. The number of sulfonamides is 1. The van der Waals surface area contributed by atoms with E-state index in [1.165, 1.54) is 0 Å². The molecule has 1 rings (SSSR count). The zero-order valence-electron chi connectivity index (χ0n) is 9.03. The number of nitrogens with two attached hydrogens (primary N) is 1. The second kappa shape index (κ2) is 5.77. The van der Waals surface area contributed by atoms with Crippen LogP contribution in [-0.4, -0.2) is 21.5 Å². The molecule has 0 spiro atoms. The zero-order chi connectivity index (χ0) is 12.2. The summed E-state index contributed by atoms with van der Waals surface area (Å²) in [6, 6.07) is 5.18. The first-order valence-corrected chi connectivity index (χ1v) is 7.21. The van der Waals surface area contributed by atoms with Gasteiger partial charge >= 0.3 is 0 Å². The van der Waals surface area contributed by atoms with Crippen LogP contribution in [0.2, 0.25) is 0 Å². The molecule has 0 saturated carbocycles. The van der Waals surface area contributed by atoms with Crippen molar-refractivity contribution >= 4 is 26.0 Å². The molecule has 0 fully saturated rings. The van der Waals surface area contributed by atoms with E-state index in [1.807, 2.05) is 6.07 Å². The molecule has 0 atom stereocenters. The third-order valence-electron chi connectivity index (χ3n) is 2.11. The molecule has 0 bridgehead atoms. The maximum atomic E-state index is 11.9. The molecule has 90 valence electrons. The lowest BCUT2D eigenvalue weighted by Crippen LogP contribution is -2.26. The van der Waals surface area contributed by atoms with Gasteiger partial charge in [0.2, 0.25) is 10.0 Å². The topological polar surface area (TPSA) is 72.2 Å². The van der Waals surface area contributed by atoms with Crippen LogP contribution in [0.15, 0.2) is 27.6 Å². The number of nitrogens with one attached hydrogen (secondary N) is 1. The van der Waals surface area contributed by atoms with Crippen LogP contribution in [-0.2, 0) is 10.0 Å².